The van der Waals surface area contributed by atoms with Crippen molar-refractivity contribution < 1.29 is 0 Å². The third kappa shape index (κ3) is 6.34. The van der Waals surface area contributed by atoms with Crippen molar-refractivity contribution in [2.75, 3.05) is 10.2 Å². The van der Waals surface area contributed by atoms with Crippen molar-refractivity contribution in [2.45, 2.75) is 6.92 Å². The van der Waals surface area contributed by atoms with Crippen LogP contribution in [0.5, 0.6) is 0 Å². The Morgan fingerprint density at radius 2 is 1.33 bits per heavy atom. The minimum absolute atomic E-state index is 1.06. The van der Waals surface area contributed by atoms with Crippen LogP contribution < -0.4 is 10.2 Å². The summed E-state index contributed by atoms with van der Waals surface area (Å²) in [6.45, 7) is 2.12. The fourth-order valence-corrected chi connectivity index (χ4v) is 3.57. The molecule has 0 saturated heterocycles. The summed E-state index contributed by atoms with van der Waals surface area (Å²) in [7, 11) is 0. The summed E-state index contributed by atoms with van der Waals surface area (Å²) in [4.78, 5) is 2.28. The molecule has 2 heteroatoms. The van der Waals surface area contributed by atoms with Crippen LogP contribution in [-0.2, 0) is 0 Å². The highest BCUT2D eigenvalue weighted by Crippen LogP contribution is 2.31. The molecule has 0 aliphatic carbocycles. The molecule has 0 atom stereocenters. The zero-order valence-electron chi connectivity index (χ0n) is 18.8. The Labute approximate surface area is 196 Å². The van der Waals surface area contributed by atoms with Gasteiger partial charge in [0.2, 0.25) is 0 Å². The lowest BCUT2D eigenvalue weighted by Crippen LogP contribution is -2.15. The predicted molar refractivity (Wildman–Crippen MR) is 143 cm³/mol. The van der Waals surface area contributed by atoms with Crippen molar-refractivity contribution in [3.63, 3.8) is 0 Å². The van der Waals surface area contributed by atoms with E-state index in [-0.39, 0.29) is 0 Å². The molecule has 0 aliphatic heterocycles. The van der Waals surface area contributed by atoms with Crippen LogP contribution in [0.15, 0.2) is 145 Å². The minimum atomic E-state index is 1.06. The Bertz CT molecular complexity index is 1220. The Hall–Kier alpha value is -4.30. The third-order valence-corrected chi connectivity index (χ3v) is 5.17. The second-order valence-corrected chi connectivity index (χ2v) is 7.71. The number of allylic oxidation sites excluding steroid dienone is 3. The molecule has 0 bridgehead atoms. The van der Waals surface area contributed by atoms with Gasteiger partial charge in [-0.15, -0.1) is 0 Å². The molecule has 33 heavy (non-hydrogen) atoms. The fourth-order valence-electron chi connectivity index (χ4n) is 3.57. The SMILES string of the molecule is Cc1cccc(N(C(/C=C\c2ccccc2)=C/C=C/Nc2ccccc2)c2ccccc2)c1. The van der Waals surface area contributed by atoms with Crippen molar-refractivity contribution >= 4 is 23.1 Å². The van der Waals surface area contributed by atoms with Crippen molar-refractivity contribution in [1.29, 1.82) is 0 Å². The summed E-state index contributed by atoms with van der Waals surface area (Å²) in [6.07, 6.45) is 10.5. The number of benzene rings is 4. The molecule has 4 aromatic carbocycles. The summed E-state index contributed by atoms with van der Waals surface area (Å²) in [5.74, 6) is 0. The van der Waals surface area contributed by atoms with E-state index in [0.29, 0.717) is 0 Å². The van der Waals surface area contributed by atoms with E-state index in [2.05, 4.69) is 108 Å². The monoisotopic (exact) mass is 428 g/mol. The van der Waals surface area contributed by atoms with Crippen LogP contribution in [0.25, 0.3) is 6.08 Å². The molecule has 4 aromatic rings. The number of anilines is 3. The summed E-state index contributed by atoms with van der Waals surface area (Å²) >= 11 is 0. The average Bonchev–Trinajstić information content (AvgIpc) is 2.87. The number of hydrogen-bond donors (Lipinski definition) is 1. The molecular formula is C31H28N2. The number of hydrogen-bond acceptors (Lipinski definition) is 2. The standard InChI is InChI=1S/C31H28N2/c1-26-13-11-20-31(25-26)33(29-18-9-4-10-19-29)30(23-22-27-14-5-2-6-15-27)21-12-24-32-28-16-7-3-8-17-28/h2-25,32H,1H3/b23-22-,24-12+,30-21+. The van der Waals surface area contributed by atoms with Crippen LogP contribution in [0.3, 0.4) is 0 Å². The van der Waals surface area contributed by atoms with Gasteiger partial charge in [-0.05, 0) is 72.7 Å². The van der Waals surface area contributed by atoms with Crippen LogP contribution in [0.4, 0.5) is 17.1 Å². The molecule has 0 unspecified atom stereocenters. The second kappa shape index (κ2) is 11.4. The molecule has 0 heterocycles. The molecule has 4 rings (SSSR count). The lowest BCUT2D eigenvalue weighted by molar-refractivity contribution is 1.20. The van der Waals surface area contributed by atoms with E-state index in [4.69, 9.17) is 0 Å². The molecule has 0 fully saturated rings. The molecule has 162 valence electrons. The zero-order chi connectivity index (χ0) is 22.7. The highest BCUT2D eigenvalue weighted by Gasteiger charge is 2.12. The number of aryl methyl sites for hydroxylation is 1. The summed E-state index contributed by atoms with van der Waals surface area (Å²) in [5.41, 5.74) is 6.73. The minimum Gasteiger partial charge on any atom is -0.362 e. The first-order valence-corrected chi connectivity index (χ1v) is 11.1. The van der Waals surface area contributed by atoms with Gasteiger partial charge in [0.15, 0.2) is 0 Å². The maximum absolute atomic E-state index is 3.33. The van der Waals surface area contributed by atoms with Gasteiger partial charge in [-0.25, -0.2) is 0 Å². The van der Waals surface area contributed by atoms with E-state index in [1.54, 1.807) is 0 Å². The van der Waals surface area contributed by atoms with E-state index in [9.17, 15) is 0 Å². The first-order valence-electron chi connectivity index (χ1n) is 11.1. The quantitative estimate of drug-likeness (QED) is 0.284. The first kappa shape index (κ1) is 21.9. The van der Waals surface area contributed by atoms with Crippen molar-refractivity contribution in [2.24, 2.45) is 0 Å². The van der Waals surface area contributed by atoms with Crippen LogP contribution in [0, 0.1) is 6.92 Å². The lowest BCUT2D eigenvalue weighted by Gasteiger charge is -2.26. The molecular weight excluding hydrogens is 400 g/mol. The molecule has 2 nitrogen and oxygen atoms in total. The highest BCUT2D eigenvalue weighted by molar-refractivity contribution is 5.72. The van der Waals surface area contributed by atoms with E-state index in [0.717, 1.165) is 28.3 Å². The average molecular weight is 429 g/mol. The van der Waals surface area contributed by atoms with Gasteiger partial charge in [-0.2, -0.15) is 0 Å². The second-order valence-electron chi connectivity index (χ2n) is 7.71. The Kier molecular flexibility index (Phi) is 7.54. The van der Waals surface area contributed by atoms with Crippen molar-refractivity contribution in [3.8, 4) is 0 Å². The number of nitrogens with zero attached hydrogens (tertiary/aromatic N) is 1. The molecule has 0 radical (unpaired) electrons. The van der Waals surface area contributed by atoms with E-state index >= 15 is 0 Å². The van der Waals surface area contributed by atoms with Gasteiger partial charge in [0.1, 0.15) is 0 Å². The maximum atomic E-state index is 3.33. The van der Waals surface area contributed by atoms with Crippen LogP contribution in [-0.4, -0.2) is 0 Å². The van der Waals surface area contributed by atoms with Crippen LogP contribution in [0.2, 0.25) is 0 Å². The van der Waals surface area contributed by atoms with Crippen LogP contribution in [0.1, 0.15) is 11.1 Å². The predicted octanol–water partition coefficient (Wildman–Crippen LogP) is 8.36. The lowest BCUT2D eigenvalue weighted by atomic mass is 10.1. The van der Waals surface area contributed by atoms with Crippen molar-refractivity contribution in [3.05, 3.63) is 157 Å². The molecule has 0 aromatic heterocycles. The first-order chi connectivity index (χ1) is 16.3. The topological polar surface area (TPSA) is 15.3 Å². The largest absolute Gasteiger partial charge is 0.362 e. The van der Waals surface area contributed by atoms with E-state index in [1.165, 1.54) is 5.56 Å². The molecule has 0 saturated carbocycles. The Morgan fingerprint density at radius 1 is 0.697 bits per heavy atom. The van der Waals surface area contributed by atoms with E-state index < -0.39 is 0 Å². The third-order valence-electron chi connectivity index (χ3n) is 5.17. The van der Waals surface area contributed by atoms with Gasteiger partial charge in [0.25, 0.3) is 0 Å². The van der Waals surface area contributed by atoms with Gasteiger partial charge in [0, 0.05) is 29.0 Å². The molecule has 1 N–H and O–H groups in total. The van der Waals surface area contributed by atoms with E-state index in [1.807, 2.05) is 54.7 Å². The summed E-state index contributed by atoms with van der Waals surface area (Å²) in [6, 6.07) is 39.6. The summed E-state index contributed by atoms with van der Waals surface area (Å²) in [5, 5.41) is 3.33. The fraction of sp³-hybridized carbons (Fsp3) is 0.0323. The Morgan fingerprint density at radius 3 is 2.03 bits per heavy atom. The zero-order valence-corrected chi connectivity index (χ0v) is 18.8. The molecule has 0 aliphatic rings. The Balaban J connectivity index is 1.73. The number of nitrogens with one attached hydrogen (secondary N) is 1. The van der Waals surface area contributed by atoms with Gasteiger partial charge < -0.3 is 10.2 Å². The van der Waals surface area contributed by atoms with Crippen molar-refractivity contribution in [1.82, 2.24) is 0 Å². The number of rotatable bonds is 8. The van der Waals surface area contributed by atoms with Gasteiger partial charge >= 0.3 is 0 Å². The number of para-hydroxylation sites is 2. The molecule has 0 amide bonds. The van der Waals surface area contributed by atoms with Gasteiger partial charge in [-0.1, -0.05) is 84.9 Å². The normalized spacial score (nSPS) is 11.7. The van der Waals surface area contributed by atoms with Gasteiger partial charge in [0.05, 0.1) is 0 Å². The smallest absolute Gasteiger partial charge is 0.0464 e. The highest BCUT2D eigenvalue weighted by atomic mass is 15.1. The maximum Gasteiger partial charge on any atom is 0.0464 e. The van der Waals surface area contributed by atoms with Gasteiger partial charge in [-0.3, -0.25) is 0 Å². The summed E-state index contributed by atoms with van der Waals surface area (Å²) < 4.78 is 0. The van der Waals surface area contributed by atoms with Crippen LogP contribution >= 0.6 is 0 Å². The molecule has 0 spiro atoms.